The molecule has 0 radical (unpaired) electrons. The maximum Gasteiger partial charge on any atom is 0.327 e. The van der Waals surface area contributed by atoms with Gasteiger partial charge in [-0.05, 0) is 66.6 Å². The number of rotatable bonds is 12. The molecule has 1 aromatic carbocycles. The van der Waals surface area contributed by atoms with E-state index in [1.54, 1.807) is 6.92 Å². The number of H-pyrrole nitrogens is 1. The lowest BCUT2D eigenvalue weighted by atomic mass is 10.0. The number of nitrogens with one attached hydrogen (secondary N) is 1. The summed E-state index contributed by atoms with van der Waals surface area (Å²) >= 11 is 0. The Balaban J connectivity index is 1.97. The third-order valence-corrected chi connectivity index (χ3v) is 6.05. The van der Waals surface area contributed by atoms with Gasteiger partial charge in [-0.1, -0.05) is 25.5 Å². The van der Waals surface area contributed by atoms with E-state index in [1.807, 2.05) is 32.0 Å². The number of aromatic nitrogens is 5. The van der Waals surface area contributed by atoms with Gasteiger partial charge in [-0.25, -0.2) is 4.68 Å². The summed E-state index contributed by atoms with van der Waals surface area (Å²) in [5.74, 6) is 0.126. The molecule has 0 fully saturated rings. The maximum atomic E-state index is 13.0. The van der Waals surface area contributed by atoms with Crippen LogP contribution in [0.25, 0.3) is 10.9 Å². The highest BCUT2D eigenvalue weighted by molar-refractivity contribution is 5.83. The van der Waals surface area contributed by atoms with Crippen LogP contribution in [0.2, 0.25) is 0 Å². The van der Waals surface area contributed by atoms with E-state index in [0.717, 1.165) is 34.9 Å². The summed E-state index contributed by atoms with van der Waals surface area (Å²) in [6.45, 7) is 8.95. The van der Waals surface area contributed by atoms with Gasteiger partial charge in [0.2, 0.25) is 0 Å². The summed E-state index contributed by atoms with van der Waals surface area (Å²) in [5, 5.41) is 22.5. The molecular formula is C24H34N6O4. The lowest BCUT2D eigenvalue weighted by Crippen LogP contribution is -2.34. The van der Waals surface area contributed by atoms with E-state index >= 15 is 0 Å². The van der Waals surface area contributed by atoms with Crippen molar-refractivity contribution in [2.24, 2.45) is 0 Å². The average Bonchev–Trinajstić information content (AvgIpc) is 3.26. The van der Waals surface area contributed by atoms with Crippen molar-refractivity contribution in [2.75, 3.05) is 19.8 Å². The van der Waals surface area contributed by atoms with E-state index < -0.39 is 5.97 Å². The molecule has 3 aromatic rings. The van der Waals surface area contributed by atoms with E-state index in [9.17, 15) is 14.7 Å². The molecule has 0 aliphatic carbocycles. The van der Waals surface area contributed by atoms with Gasteiger partial charge in [-0.2, -0.15) is 0 Å². The summed E-state index contributed by atoms with van der Waals surface area (Å²) in [6, 6.07) is 5.75. The first-order chi connectivity index (χ1) is 16.4. The van der Waals surface area contributed by atoms with Crippen LogP contribution in [0.15, 0.2) is 23.0 Å². The molecule has 2 aromatic heterocycles. The largest absolute Gasteiger partial charge is 0.465 e. The number of aliphatic hydroxyl groups is 1. The van der Waals surface area contributed by atoms with E-state index in [1.165, 1.54) is 4.68 Å². The third kappa shape index (κ3) is 5.87. The number of hydrogen-bond acceptors (Lipinski definition) is 8. The molecule has 10 heteroatoms. The molecule has 0 aliphatic heterocycles. The van der Waals surface area contributed by atoms with E-state index in [2.05, 4.69) is 32.3 Å². The topological polar surface area (TPSA) is 126 Å². The Labute approximate surface area is 198 Å². The van der Waals surface area contributed by atoms with Crippen molar-refractivity contribution in [3.63, 3.8) is 0 Å². The average molecular weight is 471 g/mol. The van der Waals surface area contributed by atoms with Gasteiger partial charge in [0.25, 0.3) is 5.56 Å². The summed E-state index contributed by atoms with van der Waals surface area (Å²) in [6.07, 6.45) is 2.10. The first-order valence-corrected chi connectivity index (χ1v) is 11.8. The highest BCUT2D eigenvalue weighted by Crippen LogP contribution is 2.27. The normalized spacial score (nSPS) is 12.4. The van der Waals surface area contributed by atoms with Crippen LogP contribution in [-0.2, 0) is 22.6 Å². The van der Waals surface area contributed by atoms with Crippen LogP contribution >= 0.6 is 0 Å². The fourth-order valence-corrected chi connectivity index (χ4v) is 4.17. The van der Waals surface area contributed by atoms with Gasteiger partial charge in [0.05, 0.1) is 18.2 Å². The summed E-state index contributed by atoms with van der Waals surface area (Å²) in [5.41, 5.74) is 3.51. The Kier molecular flexibility index (Phi) is 8.89. The number of hydrogen-bond donors (Lipinski definition) is 2. The Bertz CT molecular complexity index is 1170. The monoisotopic (exact) mass is 470 g/mol. The van der Waals surface area contributed by atoms with Gasteiger partial charge in [0.15, 0.2) is 5.82 Å². The van der Waals surface area contributed by atoms with Crippen LogP contribution in [-0.4, -0.2) is 60.9 Å². The molecule has 3 rings (SSSR count). The molecular weight excluding hydrogens is 436 g/mol. The minimum absolute atomic E-state index is 0.0235. The molecule has 0 saturated carbocycles. The first kappa shape index (κ1) is 25.5. The molecule has 10 nitrogen and oxygen atoms in total. The van der Waals surface area contributed by atoms with Crippen molar-refractivity contribution in [1.82, 2.24) is 30.1 Å². The number of aliphatic hydroxyl groups excluding tert-OH is 1. The minimum Gasteiger partial charge on any atom is -0.465 e. The van der Waals surface area contributed by atoms with Gasteiger partial charge in [-0.3, -0.25) is 14.5 Å². The van der Waals surface area contributed by atoms with Crippen LogP contribution in [0.4, 0.5) is 0 Å². The van der Waals surface area contributed by atoms with Gasteiger partial charge in [-0.15, -0.1) is 5.10 Å². The number of aromatic amines is 1. The van der Waals surface area contributed by atoms with Crippen molar-refractivity contribution < 1.29 is 14.6 Å². The van der Waals surface area contributed by atoms with E-state index in [0.29, 0.717) is 30.9 Å². The molecule has 0 amide bonds. The number of ether oxygens (including phenoxy) is 1. The van der Waals surface area contributed by atoms with Crippen LogP contribution in [0.5, 0.6) is 0 Å². The van der Waals surface area contributed by atoms with Gasteiger partial charge >= 0.3 is 5.97 Å². The zero-order valence-corrected chi connectivity index (χ0v) is 20.4. The predicted molar refractivity (Wildman–Crippen MR) is 128 cm³/mol. The van der Waals surface area contributed by atoms with Crippen molar-refractivity contribution in [1.29, 1.82) is 0 Å². The minimum atomic E-state index is -0.412. The lowest BCUT2D eigenvalue weighted by Gasteiger charge is -2.30. The van der Waals surface area contributed by atoms with Crippen LogP contribution in [0.3, 0.4) is 0 Å². The fourth-order valence-electron chi connectivity index (χ4n) is 4.17. The fraction of sp³-hybridized carbons (Fsp3) is 0.542. The number of tetrazole rings is 1. The van der Waals surface area contributed by atoms with Crippen molar-refractivity contribution in [3.05, 3.63) is 51.1 Å². The Morgan fingerprint density at radius 3 is 2.79 bits per heavy atom. The predicted octanol–water partition coefficient (Wildman–Crippen LogP) is 2.42. The second-order valence-electron chi connectivity index (χ2n) is 8.45. The smallest absolute Gasteiger partial charge is 0.327 e. The van der Waals surface area contributed by atoms with Crippen molar-refractivity contribution in [2.45, 2.75) is 66.1 Å². The summed E-state index contributed by atoms with van der Waals surface area (Å²) in [7, 11) is 0. The second kappa shape index (κ2) is 11.8. The number of nitrogens with zero attached hydrogens (tertiary/aromatic N) is 5. The quantitative estimate of drug-likeness (QED) is 0.387. The zero-order chi connectivity index (χ0) is 24.7. The summed E-state index contributed by atoms with van der Waals surface area (Å²) < 4.78 is 6.52. The highest BCUT2D eigenvalue weighted by atomic mass is 16.5. The summed E-state index contributed by atoms with van der Waals surface area (Å²) in [4.78, 5) is 30.2. The van der Waals surface area contributed by atoms with Crippen LogP contribution < -0.4 is 5.56 Å². The van der Waals surface area contributed by atoms with E-state index in [4.69, 9.17) is 4.74 Å². The number of pyridine rings is 1. The van der Waals surface area contributed by atoms with Crippen LogP contribution in [0, 0.1) is 13.8 Å². The third-order valence-electron chi connectivity index (χ3n) is 6.05. The number of benzene rings is 1. The SMILES string of the molecule is CCC[C@@H](c1nnnn1CC(=O)OCC)N(CCCO)Cc1cc2ccc(C)c(C)c2[nH]c1=O. The molecule has 0 unspecified atom stereocenters. The first-order valence-electron chi connectivity index (χ1n) is 11.8. The van der Waals surface area contributed by atoms with Gasteiger partial charge < -0.3 is 14.8 Å². The Morgan fingerprint density at radius 1 is 1.29 bits per heavy atom. The molecule has 2 heterocycles. The Morgan fingerprint density at radius 2 is 2.09 bits per heavy atom. The van der Waals surface area contributed by atoms with E-state index in [-0.39, 0.29) is 31.4 Å². The number of fused-ring (bicyclic) bond motifs is 1. The van der Waals surface area contributed by atoms with Crippen molar-refractivity contribution >= 4 is 16.9 Å². The molecule has 0 saturated heterocycles. The maximum absolute atomic E-state index is 13.0. The standard InChI is InChI=1S/C24H34N6O4/c1-5-8-20(23-26-27-28-30(23)15-21(32)34-6-2)29(11-7-12-31)14-19-13-18-10-9-16(3)17(4)22(18)25-24(19)33/h9-10,13,20,31H,5-8,11-12,14-15H2,1-4H3,(H,25,33)/t20-/m0/s1. The number of carbonyl (C=O) groups excluding carboxylic acids is 1. The molecule has 2 N–H and O–H groups in total. The van der Waals surface area contributed by atoms with Crippen molar-refractivity contribution in [3.8, 4) is 0 Å². The zero-order valence-electron chi connectivity index (χ0n) is 20.4. The van der Waals surface area contributed by atoms with Crippen LogP contribution in [0.1, 0.15) is 61.7 Å². The number of aryl methyl sites for hydroxylation is 2. The van der Waals surface area contributed by atoms with Gasteiger partial charge in [0, 0.05) is 25.3 Å². The molecule has 0 aliphatic rings. The molecule has 1 atom stereocenters. The molecule has 184 valence electrons. The molecule has 0 spiro atoms. The Hall–Kier alpha value is -3.11. The van der Waals surface area contributed by atoms with Gasteiger partial charge in [0.1, 0.15) is 6.54 Å². The second-order valence-corrected chi connectivity index (χ2v) is 8.45. The molecule has 0 bridgehead atoms. The number of esters is 1. The highest BCUT2D eigenvalue weighted by Gasteiger charge is 2.27. The molecule has 34 heavy (non-hydrogen) atoms. The number of carbonyl (C=O) groups is 1. The lowest BCUT2D eigenvalue weighted by molar-refractivity contribution is -0.144.